The van der Waals surface area contributed by atoms with Crippen LogP contribution in [0.15, 0.2) is 60.8 Å². The van der Waals surface area contributed by atoms with E-state index in [0.717, 1.165) is 6.26 Å². The van der Waals surface area contributed by atoms with Gasteiger partial charge in [-0.3, -0.25) is 9.78 Å². The van der Waals surface area contributed by atoms with Crippen molar-refractivity contribution in [3.05, 3.63) is 82.0 Å². The summed E-state index contributed by atoms with van der Waals surface area (Å²) < 4.78 is 22.8. The van der Waals surface area contributed by atoms with Gasteiger partial charge in [0, 0.05) is 23.7 Å². The van der Waals surface area contributed by atoms with E-state index in [9.17, 15) is 13.2 Å². The molecule has 1 aromatic heterocycles. The van der Waals surface area contributed by atoms with E-state index in [2.05, 4.69) is 10.3 Å². The van der Waals surface area contributed by atoms with E-state index >= 15 is 0 Å². The normalized spacial score (nSPS) is 11.2. The molecule has 0 saturated heterocycles. The van der Waals surface area contributed by atoms with Gasteiger partial charge >= 0.3 is 0 Å². The first-order chi connectivity index (χ1) is 13.2. The molecule has 0 spiro atoms. The number of carbonyl (C=O) groups excluding carboxylic acids is 1. The lowest BCUT2D eigenvalue weighted by molar-refractivity contribution is 0.102. The van der Waals surface area contributed by atoms with Gasteiger partial charge in [0.1, 0.15) is 0 Å². The summed E-state index contributed by atoms with van der Waals surface area (Å²) in [5.74, 6) is -0.551. The first kappa shape index (κ1) is 20.3. The summed E-state index contributed by atoms with van der Waals surface area (Å²) in [5.41, 5.74) is 2.67. The first-order valence-corrected chi connectivity index (χ1v) is 11.0. The number of pyridine rings is 1. The van der Waals surface area contributed by atoms with Crippen molar-refractivity contribution in [3.63, 3.8) is 0 Å². The Balaban J connectivity index is 1.84. The summed E-state index contributed by atoms with van der Waals surface area (Å²) in [6, 6.07) is 15.1. The highest BCUT2D eigenvalue weighted by molar-refractivity contribution is 7.89. The molecule has 144 valence electrons. The molecule has 0 atom stereocenters. The Morgan fingerprint density at radius 2 is 1.82 bits per heavy atom. The van der Waals surface area contributed by atoms with Crippen molar-refractivity contribution in [3.8, 4) is 11.3 Å². The van der Waals surface area contributed by atoms with Crippen molar-refractivity contribution in [1.82, 2.24) is 4.98 Å². The van der Waals surface area contributed by atoms with Crippen LogP contribution in [-0.2, 0) is 15.6 Å². The van der Waals surface area contributed by atoms with Crippen LogP contribution in [0.3, 0.4) is 0 Å². The molecule has 0 radical (unpaired) electrons. The van der Waals surface area contributed by atoms with Gasteiger partial charge in [-0.2, -0.15) is 0 Å². The van der Waals surface area contributed by atoms with Gasteiger partial charge in [-0.05, 0) is 48.0 Å². The SMILES string of the molecule is CS(=O)(=O)Cc1ccc(C(=O)Nc2ccc(Cl)c(-c3ccccn3)c2)c(Cl)c1. The molecule has 0 aliphatic heterocycles. The minimum atomic E-state index is -3.19. The second-order valence-electron chi connectivity index (χ2n) is 6.25. The number of amides is 1. The molecule has 0 unspecified atom stereocenters. The molecule has 5 nitrogen and oxygen atoms in total. The number of carbonyl (C=O) groups is 1. The molecule has 0 aliphatic carbocycles. The van der Waals surface area contributed by atoms with E-state index < -0.39 is 15.7 Å². The second-order valence-corrected chi connectivity index (χ2v) is 9.20. The zero-order valence-electron chi connectivity index (χ0n) is 14.8. The lowest BCUT2D eigenvalue weighted by Gasteiger charge is -2.11. The Bertz CT molecular complexity index is 1130. The maximum atomic E-state index is 12.6. The van der Waals surface area contributed by atoms with Crippen molar-refractivity contribution >= 4 is 44.6 Å². The van der Waals surface area contributed by atoms with Crippen molar-refractivity contribution < 1.29 is 13.2 Å². The highest BCUT2D eigenvalue weighted by Crippen LogP contribution is 2.29. The van der Waals surface area contributed by atoms with E-state index in [-0.39, 0.29) is 16.3 Å². The quantitative estimate of drug-likeness (QED) is 0.622. The Labute approximate surface area is 173 Å². The molecule has 0 aliphatic rings. The van der Waals surface area contributed by atoms with Crippen LogP contribution in [0.5, 0.6) is 0 Å². The first-order valence-electron chi connectivity index (χ1n) is 8.21. The summed E-state index contributed by atoms with van der Waals surface area (Å²) in [6.45, 7) is 0. The maximum Gasteiger partial charge on any atom is 0.257 e. The monoisotopic (exact) mass is 434 g/mol. The number of aromatic nitrogens is 1. The van der Waals surface area contributed by atoms with Crippen LogP contribution >= 0.6 is 23.2 Å². The molecule has 1 amide bonds. The Kier molecular flexibility index (Phi) is 6.03. The van der Waals surface area contributed by atoms with Crippen molar-refractivity contribution in [1.29, 1.82) is 0 Å². The Hall–Kier alpha value is -2.41. The topological polar surface area (TPSA) is 76.1 Å². The lowest BCUT2D eigenvalue weighted by Crippen LogP contribution is -2.13. The molecule has 28 heavy (non-hydrogen) atoms. The predicted octanol–water partition coefficient (Wildman–Crippen LogP) is 4.85. The van der Waals surface area contributed by atoms with E-state index in [0.29, 0.717) is 27.5 Å². The fraction of sp³-hybridized carbons (Fsp3) is 0.100. The van der Waals surface area contributed by atoms with Crippen molar-refractivity contribution in [2.75, 3.05) is 11.6 Å². The number of nitrogens with zero attached hydrogens (tertiary/aromatic N) is 1. The smallest absolute Gasteiger partial charge is 0.257 e. The number of benzene rings is 2. The van der Waals surface area contributed by atoms with Gasteiger partial charge < -0.3 is 5.32 Å². The van der Waals surface area contributed by atoms with Gasteiger partial charge in [0.15, 0.2) is 9.84 Å². The molecule has 8 heteroatoms. The van der Waals surface area contributed by atoms with Crippen LogP contribution in [0.1, 0.15) is 15.9 Å². The molecule has 0 fully saturated rings. The molecule has 1 heterocycles. The van der Waals surface area contributed by atoms with Crippen LogP contribution in [-0.4, -0.2) is 25.6 Å². The minimum absolute atomic E-state index is 0.140. The molecule has 0 bridgehead atoms. The number of halogens is 2. The van der Waals surface area contributed by atoms with Gasteiger partial charge in [-0.1, -0.05) is 35.3 Å². The average molecular weight is 435 g/mol. The van der Waals surface area contributed by atoms with Crippen molar-refractivity contribution in [2.45, 2.75) is 5.75 Å². The van der Waals surface area contributed by atoms with Gasteiger partial charge in [0.2, 0.25) is 0 Å². The van der Waals surface area contributed by atoms with Crippen LogP contribution in [0.25, 0.3) is 11.3 Å². The van der Waals surface area contributed by atoms with Crippen LogP contribution in [0.4, 0.5) is 5.69 Å². The number of hydrogen-bond acceptors (Lipinski definition) is 4. The molecule has 1 N–H and O–H groups in total. The summed E-state index contributed by atoms with van der Waals surface area (Å²) in [5, 5.41) is 3.47. The zero-order valence-corrected chi connectivity index (χ0v) is 17.1. The summed E-state index contributed by atoms with van der Waals surface area (Å²) >= 11 is 12.4. The van der Waals surface area contributed by atoms with E-state index in [1.807, 2.05) is 12.1 Å². The average Bonchev–Trinajstić information content (AvgIpc) is 2.62. The zero-order chi connectivity index (χ0) is 20.3. The molecular formula is C20H16Cl2N2O3S. The standard InChI is InChI=1S/C20H16Cl2N2O3S/c1-28(26,27)12-13-5-7-15(18(22)10-13)20(25)24-14-6-8-17(21)16(11-14)19-4-2-3-9-23-19/h2-11H,12H2,1H3,(H,24,25). The minimum Gasteiger partial charge on any atom is -0.322 e. The van der Waals surface area contributed by atoms with Gasteiger partial charge in [-0.15, -0.1) is 0 Å². The number of anilines is 1. The Morgan fingerprint density at radius 1 is 1.04 bits per heavy atom. The second kappa shape index (κ2) is 8.31. The number of nitrogens with one attached hydrogen (secondary N) is 1. The highest BCUT2D eigenvalue weighted by atomic mass is 35.5. The summed E-state index contributed by atoms with van der Waals surface area (Å²) in [7, 11) is -3.19. The van der Waals surface area contributed by atoms with Gasteiger partial charge in [-0.25, -0.2) is 8.42 Å². The Morgan fingerprint density at radius 3 is 2.46 bits per heavy atom. The molecule has 3 rings (SSSR count). The molecular weight excluding hydrogens is 419 g/mol. The summed E-state index contributed by atoms with van der Waals surface area (Å²) in [6.07, 6.45) is 2.80. The fourth-order valence-corrected chi connectivity index (χ4v) is 3.94. The fourth-order valence-electron chi connectivity index (χ4n) is 2.66. The maximum absolute atomic E-state index is 12.6. The predicted molar refractivity (Wildman–Crippen MR) is 113 cm³/mol. The molecule has 2 aromatic carbocycles. The number of hydrogen-bond donors (Lipinski definition) is 1. The summed E-state index contributed by atoms with van der Waals surface area (Å²) in [4.78, 5) is 16.9. The largest absolute Gasteiger partial charge is 0.322 e. The third kappa shape index (κ3) is 5.10. The molecule has 0 saturated carbocycles. The van der Waals surface area contributed by atoms with Crippen LogP contribution in [0.2, 0.25) is 10.0 Å². The lowest BCUT2D eigenvalue weighted by atomic mass is 10.1. The highest BCUT2D eigenvalue weighted by Gasteiger charge is 2.14. The molecule has 3 aromatic rings. The van der Waals surface area contributed by atoms with E-state index in [1.165, 1.54) is 12.1 Å². The number of sulfone groups is 1. The van der Waals surface area contributed by atoms with Crippen LogP contribution in [0, 0.1) is 0 Å². The van der Waals surface area contributed by atoms with Crippen molar-refractivity contribution in [2.24, 2.45) is 0 Å². The third-order valence-electron chi connectivity index (χ3n) is 3.87. The van der Waals surface area contributed by atoms with E-state index in [1.54, 1.807) is 36.5 Å². The number of rotatable bonds is 5. The van der Waals surface area contributed by atoms with Gasteiger partial charge in [0.25, 0.3) is 5.91 Å². The third-order valence-corrected chi connectivity index (χ3v) is 5.37. The van der Waals surface area contributed by atoms with Crippen LogP contribution < -0.4 is 5.32 Å². The van der Waals surface area contributed by atoms with Gasteiger partial charge in [0.05, 0.1) is 27.1 Å². The van der Waals surface area contributed by atoms with E-state index in [4.69, 9.17) is 23.2 Å².